The van der Waals surface area contributed by atoms with Crippen molar-refractivity contribution in [2.75, 3.05) is 48.7 Å². The highest BCUT2D eigenvalue weighted by Gasteiger charge is 2.09. The minimum Gasteiger partial charge on any atom is -0.397 e. The van der Waals surface area contributed by atoms with Gasteiger partial charge in [-0.15, -0.1) is 0 Å². The summed E-state index contributed by atoms with van der Waals surface area (Å²) in [5.74, 6) is 2.47. The van der Waals surface area contributed by atoms with Gasteiger partial charge in [-0.3, -0.25) is 4.90 Å². The molecule has 2 rings (SSSR count). The highest BCUT2D eigenvalue weighted by atomic mass is 32.2. The Morgan fingerprint density at radius 3 is 2.83 bits per heavy atom. The van der Waals surface area contributed by atoms with Gasteiger partial charge in [-0.05, 0) is 18.2 Å². The first-order chi connectivity index (χ1) is 8.79. The van der Waals surface area contributed by atoms with Gasteiger partial charge in [0.1, 0.15) is 0 Å². The zero-order valence-corrected chi connectivity index (χ0v) is 11.2. The summed E-state index contributed by atoms with van der Waals surface area (Å²) in [6, 6.07) is 7.46. The molecule has 4 nitrogen and oxygen atoms in total. The highest BCUT2D eigenvalue weighted by molar-refractivity contribution is 7.99. The Balaban J connectivity index is 1.81. The van der Waals surface area contributed by atoms with Crippen molar-refractivity contribution in [1.29, 1.82) is 5.26 Å². The van der Waals surface area contributed by atoms with E-state index in [2.05, 4.69) is 16.3 Å². The van der Waals surface area contributed by atoms with E-state index < -0.39 is 0 Å². The summed E-state index contributed by atoms with van der Waals surface area (Å²) in [4.78, 5) is 2.46. The topological polar surface area (TPSA) is 65.1 Å². The SMILES string of the molecule is N#Cc1ccc(NCCN2CCSCC2)c(N)c1. The lowest BCUT2D eigenvalue weighted by molar-refractivity contribution is 0.314. The first-order valence-electron chi connectivity index (χ1n) is 6.13. The van der Waals surface area contributed by atoms with Crippen LogP contribution in [0.3, 0.4) is 0 Å². The van der Waals surface area contributed by atoms with Crippen LogP contribution in [0.2, 0.25) is 0 Å². The van der Waals surface area contributed by atoms with Crippen LogP contribution in [-0.2, 0) is 0 Å². The molecule has 1 aliphatic heterocycles. The third-order valence-corrected chi connectivity index (χ3v) is 3.97. The first kappa shape index (κ1) is 13.1. The van der Waals surface area contributed by atoms with Crippen LogP contribution in [0, 0.1) is 11.3 Å². The lowest BCUT2D eigenvalue weighted by atomic mass is 10.2. The standard InChI is InChI=1S/C13H18N4S/c14-10-11-1-2-13(12(15)9-11)16-3-4-17-5-7-18-8-6-17/h1-2,9,16H,3-8,15H2. The van der Waals surface area contributed by atoms with Crippen LogP contribution >= 0.6 is 11.8 Å². The van der Waals surface area contributed by atoms with Gasteiger partial charge in [0.05, 0.1) is 23.0 Å². The molecule has 0 radical (unpaired) electrons. The van der Waals surface area contributed by atoms with Gasteiger partial charge in [0.15, 0.2) is 0 Å². The molecule has 0 saturated carbocycles. The molecule has 0 spiro atoms. The number of nitrogens with one attached hydrogen (secondary N) is 1. The molecule has 0 atom stereocenters. The molecule has 1 aliphatic rings. The van der Waals surface area contributed by atoms with E-state index in [9.17, 15) is 0 Å². The van der Waals surface area contributed by atoms with E-state index >= 15 is 0 Å². The molecule has 0 unspecified atom stereocenters. The van der Waals surface area contributed by atoms with Crippen LogP contribution in [-0.4, -0.2) is 42.6 Å². The summed E-state index contributed by atoms with van der Waals surface area (Å²) in [6.07, 6.45) is 0. The maximum Gasteiger partial charge on any atom is 0.0992 e. The molecular weight excluding hydrogens is 244 g/mol. The fourth-order valence-corrected chi connectivity index (χ4v) is 2.95. The quantitative estimate of drug-likeness (QED) is 0.807. The number of nitrogen functional groups attached to an aromatic ring is 1. The largest absolute Gasteiger partial charge is 0.397 e. The summed E-state index contributed by atoms with van der Waals surface area (Å²) in [5, 5.41) is 12.1. The van der Waals surface area contributed by atoms with Crippen LogP contribution in [0.4, 0.5) is 11.4 Å². The van der Waals surface area contributed by atoms with Crippen LogP contribution in [0.1, 0.15) is 5.56 Å². The van der Waals surface area contributed by atoms with Crippen molar-refractivity contribution in [3.63, 3.8) is 0 Å². The van der Waals surface area contributed by atoms with E-state index in [4.69, 9.17) is 11.0 Å². The van der Waals surface area contributed by atoms with Crippen molar-refractivity contribution < 1.29 is 0 Å². The Hall–Kier alpha value is -1.38. The summed E-state index contributed by atoms with van der Waals surface area (Å²) < 4.78 is 0. The van der Waals surface area contributed by atoms with E-state index in [0.717, 1.165) is 18.8 Å². The van der Waals surface area contributed by atoms with Crippen molar-refractivity contribution >= 4 is 23.1 Å². The van der Waals surface area contributed by atoms with E-state index in [1.807, 2.05) is 17.8 Å². The average molecular weight is 262 g/mol. The Kier molecular flexibility index (Phi) is 4.73. The molecule has 0 aliphatic carbocycles. The smallest absolute Gasteiger partial charge is 0.0992 e. The lowest BCUT2D eigenvalue weighted by Crippen LogP contribution is -2.36. The van der Waals surface area contributed by atoms with Crippen molar-refractivity contribution in [2.45, 2.75) is 0 Å². The van der Waals surface area contributed by atoms with Crippen molar-refractivity contribution in [3.8, 4) is 6.07 Å². The minimum atomic E-state index is 0.603. The molecule has 0 amide bonds. The van der Waals surface area contributed by atoms with Crippen molar-refractivity contribution in [2.24, 2.45) is 0 Å². The number of benzene rings is 1. The predicted octanol–water partition coefficient (Wildman–Crippen LogP) is 1.60. The van der Waals surface area contributed by atoms with Gasteiger partial charge in [-0.2, -0.15) is 17.0 Å². The van der Waals surface area contributed by atoms with Gasteiger partial charge in [0, 0.05) is 37.7 Å². The molecule has 0 aromatic heterocycles. The second-order valence-corrected chi connectivity index (χ2v) is 5.52. The molecule has 1 aromatic carbocycles. The van der Waals surface area contributed by atoms with Crippen LogP contribution in [0.25, 0.3) is 0 Å². The van der Waals surface area contributed by atoms with Gasteiger partial charge in [-0.1, -0.05) is 0 Å². The van der Waals surface area contributed by atoms with Crippen LogP contribution in [0.5, 0.6) is 0 Å². The molecular formula is C13H18N4S. The van der Waals surface area contributed by atoms with Crippen LogP contribution < -0.4 is 11.1 Å². The molecule has 5 heteroatoms. The second-order valence-electron chi connectivity index (χ2n) is 4.29. The molecule has 3 N–H and O–H groups in total. The van der Waals surface area contributed by atoms with Gasteiger partial charge >= 0.3 is 0 Å². The Labute approximate surface area is 112 Å². The lowest BCUT2D eigenvalue weighted by Gasteiger charge is -2.26. The van der Waals surface area contributed by atoms with Gasteiger partial charge in [0.2, 0.25) is 0 Å². The van der Waals surface area contributed by atoms with Crippen molar-refractivity contribution in [1.82, 2.24) is 4.90 Å². The zero-order valence-electron chi connectivity index (χ0n) is 10.4. The third-order valence-electron chi connectivity index (χ3n) is 3.03. The Bertz CT molecular complexity index is 435. The fraction of sp³-hybridized carbons (Fsp3) is 0.462. The van der Waals surface area contributed by atoms with E-state index in [1.165, 1.54) is 24.6 Å². The highest BCUT2D eigenvalue weighted by Crippen LogP contribution is 2.19. The number of thioether (sulfide) groups is 1. The summed E-state index contributed by atoms with van der Waals surface area (Å²) in [5.41, 5.74) is 8.05. The van der Waals surface area contributed by atoms with E-state index in [-0.39, 0.29) is 0 Å². The van der Waals surface area contributed by atoms with E-state index in [0.29, 0.717) is 11.3 Å². The maximum absolute atomic E-state index is 8.76. The monoisotopic (exact) mass is 262 g/mol. The summed E-state index contributed by atoms with van der Waals surface area (Å²) in [7, 11) is 0. The minimum absolute atomic E-state index is 0.603. The normalized spacial score (nSPS) is 16.2. The molecule has 0 bridgehead atoms. The Morgan fingerprint density at radius 1 is 1.39 bits per heavy atom. The molecule has 1 aromatic rings. The van der Waals surface area contributed by atoms with Crippen LogP contribution in [0.15, 0.2) is 18.2 Å². The number of nitrogens with two attached hydrogens (primary N) is 1. The Morgan fingerprint density at radius 2 is 2.17 bits per heavy atom. The third kappa shape index (κ3) is 3.56. The summed E-state index contributed by atoms with van der Waals surface area (Å²) in [6.45, 7) is 4.28. The molecule has 1 heterocycles. The van der Waals surface area contributed by atoms with E-state index in [1.54, 1.807) is 12.1 Å². The molecule has 96 valence electrons. The fourth-order valence-electron chi connectivity index (χ4n) is 1.97. The van der Waals surface area contributed by atoms with Gasteiger partial charge in [0.25, 0.3) is 0 Å². The second kappa shape index (κ2) is 6.53. The summed E-state index contributed by atoms with van der Waals surface area (Å²) >= 11 is 2.02. The number of nitriles is 1. The number of hydrogen-bond donors (Lipinski definition) is 2. The van der Waals surface area contributed by atoms with Gasteiger partial charge < -0.3 is 11.1 Å². The number of anilines is 2. The molecule has 1 saturated heterocycles. The van der Waals surface area contributed by atoms with Crippen molar-refractivity contribution in [3.05, 3.63) is 23.8 Å². The maximum atomic E-state index is 8.76. The predicted molar refractivity (Wildman–Crippen MR) is 77.8 cm³/mol. The number of nitrogens with zero attached hydrogens (tertiary/aromatic N) is 2. The number of rotatable bonds is 4. The molecule has 18 heavy (non-hydrogen) atoms. The first-order valence-corrected chi connectivity index (χ1v) is 7.28. The average Bonchev–Trinajstić information content (AvgIpc) is 2.42. The molecule has 1 fully saturated rings. The zero-order chi connectivity index (χ0) is 12.8. The van der Waals surface area contributed by atoms with Gasteiger partial charge in [-0.25, -0.2) is 0 Å². The number of hydrogen-bond acceptors (Lipinski definition) is 5.